The second kappa shape index (κ2) is 12.0. The number of rotatable bonds is 9. The number of nitrogens with zero attached hydrogens (tertiary/aromatic N) is 1. The van der Waals surface area contributed by atoms with Crippen molar-refractivity contribution in [3.05, 3.63) is 29.8 Å². The minimum atomic E-state index is -0.729. The van der Waals surface area contributed by atoms with Crippen LogP contribution in [0.25, 0.3) is 0 Å². The van der Waals surface area contributed by atoms with Crippen molar-refractivity contribution >= 4 is 18.3 Å². The van der Waals surface area contributed by atoms with E-state index >= 15 is 0 Å². The molecule has 1 aromatic rings. The van der Waals surface area contributed by atoms with Crippen LogP contribution in [-0.2, 0) is 4.79 Å². The average molecular weight is 378 g/mol. The molecule has 0 spiro atoms. The number of carbonyl (C=O) groups excluding carboxylic acids is 1. The molecule has 1 aliphatic heterocycles. The number of hydrogen-bond acceptors (Lipinski definition) is 4. The van der Waals surface area contributed by atoms with Gasteiger partial charge in [-0.15, -0.1) is 12.4 Å². The van der Waals surface area contributed by atoms with E-state index < -0.39 is 11.6 Å². The Morgan fingerprint density at radius 2 is 2.00 bits per heavy atom. The predicted octanol–water partition coefficient (Wildman–Crippen LogP) is 1.96. The van der Waals surface area contributed by atoms with E-state index in [1.165, 1.54) is 6.07 Å². The Kier molecular flexibility index (Phi) is 10.4. The predicted molar refractivity (Wildman–Crippen MR) is 95.3 cm³/mol. The lowest BCUT2D eigenvalue weighted by Gasteiger charge is -2.27. The van der Waals surface area contributed by atoms with Crippen molar-refractivity contribution in [3.63, 3.8) is 0 Å². The number of hydrogen-bond donors (Lipinski definition) is 2. The zero-order chi connectivity index (χ0) is 17.2. The molecule has 1 fully saturated rings. The second-order valence-electron chi connectivity index (χ2n) is 5.82. The minimum Gasteiger partial charge on any atom is -0.491 e. The Labute approximate surface area is 153 Å². The van der Waals surface area contributed by atoms with Crippen molar-refractivity contribution in [2.45, 2.75) is 19.3 Å². The summed E-state index contributed by atoms with van der Waals surface area (Å²) in [6, 6.07) is 3.17. The first-order valence-electron chi connectivity index (χ1n) is 8.43. The molecule has 0 radical (unpaired) electrons. The maximum absolute atomic E-state index is 13.3. The van der Waals surface area contributed by atoms with Crippen LogP contribution in [0.15, 0.2) is 18.2 Å². The van der Waals surface area contributed by atoms with Crippen molar-refractivity contribution in [1.82, 2.24) is 15.5 Å². The molecule has 8 heteroatoms. The van der Waals surface area contributed by atoms with Gasteiger partial charge in [-0.2, -0.15) is 0 Å². The molecule has 1 aliphatic rings. The van der Waals surface area contributed by atoms with Gasteiger partial charge in [0.1, 0.15) is 5.82 Å². The summed E-state index contributed by atoms with van der Waals surface area (Å²) in [5.41, 5.74) is 0. The number of ether oxygens (including phenoxy) is 1. The quantitative estimate of drug-likeness (QED) is 0.646. The summed E-state index contributed by atoms with van der Waals surface area (Å²) in [7, 11) is 0. The normalized spacial score (nSPS) is 14.6. The summed E-state index contributed by atoms with van der Waals surface area (Å²) >= 11 is 0. The first kappa shape index (κ1) is 21.6. The maximum Gasteiger partial charge on any atom is 0.220 e. The monoisotopic (exact) mass is 377 g/mol. The van der Waals surface area contributed by atoms with Gasteiger partial charge >= 0.3 is 0 Å². The van der Waals surface area contributed by atoms with Crippen LogP contribution in [0, 0.1) is 11.6 Å². The highest BCUT2D eigenvalue weighted by Gasteiger charge is 2.09. The Hall–Kier alpha value is -1.44. The van der Waals surface area contributed by atoms with Gasteiger partial charge in [-0.1, -0.05) is 0 Å². The van der Waals surface area contributed by atoms with Crippen LogP contribution in [0.1, 0.15) is 19.3 Å². The molecule has 5 nitrogen and oxygen atoms in total. The van der Waals surface area contributed by atoms with Crippen molar-refractivity contribution in [2.75, 3.05) is 45.9 Å². The molecule has 0 aromatic heterocycles. The lowest BCUT2D eigenvalue weighted by atomic mass is 10.3. The number of piperazine rings is 1. The summed E-state index contributed by atoms with van der Waals surface area (Å²) in [6.07, 6.45) is 1.75. The SMILES string of the molecule is Cl.O=C(CCCOc1ccc(F)cc1F)NCCCN1CCNCC1. The van der Waals surface area contributed by atoms with Gasteiger partial charge in [-0.3, -0.25) is 4.79 Å². The Balaban J connectivity index is 0.00000312. The summed E-state index contributed by atoms with van der Waals surface area (Å²) in [5.74, 6) is -1.39. The van der Waals surface area contributed by atoms with Gasteiger partial charge in [-0.25, -0.2) is 8.78 Å². The van der Waals surface area contributed by atoms with E-state index in [-0.39, 0.29) is 30.7 Å². The molecule has 2 N–H and O–H groups in total. The van der Waals surface area contributed by atoms with E-state index in [9.17, 15) is 13.6 Å². The summed E-state index contributed by atoms with van der Waals surface area (Å²) < 4.78 is 31.3. The Morgan fingerprint density at radius 3 is 2.72 bits per heavy atom. The Bertz CT molecular complexity index is 529. The molecule has 1 aromatic carbocycles. The van der Waals surface area contributed by atoms with Crippen molar-refractivity contribution < 1.29 is 18.3 Å². The molecule has 0 unspecified atom stereocenters. The van der Waals surface area contributed by atoms with Gasteiger partial charge in [0.05, 0.1) is 6.61 Å². The van der Waals surface area contributed by atoms with Crippen LogP contribution in [0.2, 0.25) is 0 Å². The molecule has 0 atom stereocenters. The largest absolute Gasteiger partial charge is 0.491 e. The fourth-order valence-electron chi connectivity index (χ4n) is 2.56. The maximum atomic E-state index is 13.3. The van der Waals surface area contributed by atoms with Crippen molar-refractivity contribution in [2.24, 2.45) is 0 Å². The van der Waals surface area contributed by atoms with Crippen LogP contribution in [0.5, 0.6) is 5.75 Å². The van der Waals surface area contributed by atoms with E-state index in [4.69, 9.17) is 4.74 Å². The molecular formula is C17H26ClF2N3O2. The molecule has 1 heterocycles. The molecule has 2 rings (SSSR count). The highest BCUT2D eigenvalue weighted by Crippen LogP contribution is 2.17. The number of halogens is 3. The number of benzene rings is 1. The lowest BCUT2D eigenvalue weighted by Crippen LogP contribution is -2.44. The smallest absolute Gasteiger partial charge is 0.220 e. The van der Waals surface area contributed by atoms with Gasteiger partial charge in [0.2, 0.25) is 5.91 Å². The van der Waals surface area contributed by atoms with Gasteiger partial charge in [0.25, 0.3) is 0 Å². The van der Waals surface area contributed by atoms with Crippen LogP contribution < -0.4 is 15.4 Å². The molecule has 142 valence electrons. The molecule has 1 amide bonds. The van der Waals surface area contributed by atoms with Crippen molar-refractivity contribution in [1.29, 1.82) is 0 Å². The van der Waals surface area contributed by atoms with Gasteiger partial charge in [0.15, 0.2) is 11.6 Å². The van der Waals surface area contributed by atoms with E-state index in [1.807, 2.05) is 0 Å². The first-order valence-corrected chi connectivity index (χ1v) is 8.43. The zero-order valence-electron chi connectivity index (χ0n) is 14.2. The van der Waals surface area contributed by atoms with E-state index in [2.05, 4.69) is 15.5 Å². The third-order valence-corrected chi connectivity index (χ3v) is 3.88. The van der Waals surface area contributed by atoms with Crippen LogP contribution >= 0.6 is 12.4 Å². The fraction of sp³-hybridized carbons (Fsp3) is 0.588. The Morgan fingerprint density at radius 1 is 1.24 bits per heavy atom. The molecule has 0 aliphatic carbocycles. The fourth-order valence-corrected chi connectivity index (χ4v) is 2.56. The number of carbonyl (C=O) groups is 1. The summed E-state index contributed by atoms with van der Waals surface area (Å²) in [5, 5.41) is 6.18. The van der Waals surface area contributed by atoms with Crippen molar-refractivity contribution in [3.8, 4) is 5.75 Å². The molecular weight excluding hydrogens is 352 g/mol. The molecule has 1 saturated heterocycles. The molecule has 0 bridgehead atoms. The highest BCUT2D eigenvalue weighted by molar-refractivity contribution is 5.85. The average Bonchev–Trinajstić information content (AvgIpc) is 2.58. The van der Waals surface area contributed by atoms with Crippen LogP contribution in [-0.4, -0.2) is 56.7 Å². The third-order valence-electron chi connectivity index (χ3n) is 3.88. The highest BCUT2D eigenvalue weighted by atomic mass is 35.5. The number of nitrogens with one attached hydrogen (secondary N) is 2. The lowest BCUT2D eigenvalue weighted by molar-refractivity contribution is -0.121. The zero-order valence-corrected chi connectivity index (χ0v) is 15.0. The van der Waals surface area contributed by atoms with Gasteiger partial charge < -0.3 is 20.3 Å². The van der Waals surface area contributed by atoms with Crippen LogP contribution in [0.3, 0.4) is 0 Å². The van der Waals surface area contributed by atoms with E-state index in [0.717, 1.165) is 51.3 Å². The summed E-state index contributed by atoms with van der Waals surface area (Å²) in [4.78, 5) is 14.1. The van der Waals surface area contributed by atoms with Gasteiger partial charge in [-0.05, 0) is 31.5 Å². The molecule has 0 saturated carbocycles. The van der Waals surface area contributed by atoms with Crippen LogP contribution in [0.4, 0.5) is 8.78 Å². The van der Waals surface area contributed by atoms with Gasteiger partial charge in [0, 0.05) is 45.2 Å². The second-order valence-corrected chi connectivity index (χ2v) is 5.82. The molecule has 25 heavy (non-hydrogen) atoms. The minimum absolute atomic E-state index is 0. The van der Waals surface area contributed by atoms with E-state index in [1.54, 1.807) is 0 Å². The number of amides is 1. The first-order chi connectivity index (χ1) is 11.6. The topological polar surface area (TPSA) is 53.6 Å². The van der Waals surface area contributed by atoms with E-state index in [0.29, 0.717) is 19.4 Å². The standard InChI is InChI=1S/C17H25F2N3O2.ClH/c18-14-4-5-16(15(19)13-14)24-12-1-3-17(23)21-6-2-9-22-10-7-20-8-11-22;/h4-5,13,20H,1-3,6-12H2,(H,21,23);1H. The third kappa shape index (κ3) is 8.47. The summed E-state index contributed by atoms with van der Waals surface area (Å²) in [6.45, 7) is 6.06.